The molecule has 16 heavy (non-hydrogen) atoms. The van der Waals surface area contributed by atoms with E-state index in [1.54, 1.807) is 0 Å². The first-order chi connectivity index (χ1) is 7.86. The summed E-state index contributed by atoms with van der Waals surface area (Å²) in [5.41, 5.74) is 5.13. The summed E-state index contributed by atoms with van der Waals surface area (Å²) < 4.78 is 0. The molecule has 1 aromatic heterocycles. The van der Waals surface area contributed by atoms with Crippen LogP contribution in [0.4, 0.5) is 0 Å². The third-order valence-corrected chi connectivity index (χ3v) is 3.03. The summed E-state index contributed by atoms with van der Waals surface area (Å²) in [6.45, 7) is 2.15. The van der Waals surface area contributed by atoms with Gasteiger partial charge in [0.15, 0.2) is 0 Å². The van der Waals surface area contributed by atoms with Crippen LogP contribution in [0.25, 0.3) is 22.0 Å². The predicted octanol–water partition coefficient (Wildman–Crippen LogP) is 4.14. The van der Waals surface area contributed by atoms with Crippen molar-refractivity contribution in [1.29, 1.82) is 0 Å². The summed E-state index contributed by atoms with van der Waals surface area (Å²) in [4.78, 5) is 3.25. The molecule has 0 spiro atoms. The maximum Gasteiger partial charge on any atom is 0.0460 e. The maximum absolute atomic E-state index is 3.25. The molecule has 0 aliphatic heterocycles. The molecule has 0 fully saturated rings. The molecule has 0 bridgehead atoms. The van der Waals surface area contributed by atoms with Gasteiger partial charge in [-0.2, -0.15) is 0 Å². The average Bonchev–Trinajstić information content (AvgIpc) is 2.77. The van der Waals surface area contributed by atoms with Crippen LogP contribution in [0.2, 0.25) is 0 Å². The maximum atomic E-state index is 3.25. The van der Waals surface area contributed by atoms with Gasteiger partial charge in [-0.15, -0.1) is 0 Å². The van der Waals surface area contributed by atoms with E-state index in [1.807, 2.05) is 6.20 Å². The summed E-state index contributed by atoms with van der Waals surface area (Å²) >= 11 is 0. The molecule has 0 amide bonds. The topological polar surface area (TPSA) is 15.8 Å². The lowest BCUT2D eigenvalue weighted by Gasteiger charge is -2.06. The normalized spacial score (nSPS) is 10.8. The smallest absolute Gasteiger partial charge is 0.0460 e. The van der Waals surface area contributed by atoms with Crippen LogP contribution in [-0.4, -0.2) is 4.98 Å². The van der Waals surface area contributed by atoms with Crippen LogP contribution in [0.5, 0.6) is 0 Å². The van der Waals surface area contributed by atoms with Crippen molar-refractivity contribution in [3.8, 4) is 11.1 Å². The van der Waals surface area contributed by atoms with Crippen molar-refractivity contribution in [1.82, 2.24) is 4.98 Å². The zero-order valence-electron chi connectivity index (χ0n) is 9.20. The molecule has 0 atom stereocenters. The quantitative estimate of drug-likeness (QED) is 0.617. The summed E-state index contributed by atoms with van der Waals surface area (Å²) in [6.07, 6.45) is 1.99. The Morgan fingerprint density at radius 1 is 0.812 bits per heavy atom. The highest BCUT2D eigenvalue weighted by molar-refractivity contribution is 5.95. The van der Waals surface area contributed by atoms with Crippen LogP contribution >= 0.6 is 0 Å². The molecule has 78 valence electrons. The van der Waals surface area contributed by atoms with Gasteiger partial charge in [0.1, 0.15) is 0 Å². The number of aromatic nitrogens is 1. The van der Waals surface area contributed by atoms with Crippen molar-refractivity contribution in [3.63, 3.8) is 0 Å². The summed E-state index contributed by atoms with van der Waals surface area (Å²) in [5, 5.41) is 1.29. The lowest BCUT2D eigenvalue weighted by atomic mass is 9.98. The molecule has 0 saturated heterocycles. The van der Waals surface area contributed by atoms with Crippen molar-refractivity contribution in [2.24, 2.45) is 0 Å². The number of aromatic amines is 1. The third kappa shape index (κ3) is 1.33. The Hall–Kier alpha value is -2.02. The van der Waals surface area contributed by atoms with Gasteiger partial charge < -0.3 is 4.98 Å². The largest absolute Gasteiger partial charge is 0.361 e. The monoisotopic (exact) mass is 207 g/mol. The standard InChI is InChI=1S/C15H13N/c1-11-5-2-3-6-12(11)13-7-4-8-15-14(13)9-10-16-15/h2-10,16H,1H3. The predicted molar refractivity (Wildman–Crippen MR) is 68.5 cm³/mol. The Morgan fingerprint density at radius 3 is 2.50 bits per heavy atom. The molecule has 0 unspecified atom stereocenters. The molecular formula is C15H13N. The highest BCUT2D eigenvalue weighted by Crippen LogP contribution is 2.29. The molecule has 1 heterocycles. The van der Waals surface area contributed by atoms with Gasteiger partial charge in [0.05, 0.1) is 0 Å². The van der Waals surface area contributed by atoms with Gasteiger partial charge in [0.2, 0.25) is 0 Å². The highest BCUT2D eigenvalue weighted by Gasteiger charge is 2.05. The first-order valence-corrected chi connectivity index (χ1v) is 5.48. The molecule has 1 N–H and O–H groups in total. The van der Waals surface area contributed by atoms with Crippen molar-refractivity contribution in [2.45, 2.75) is 6.92 Å². The van der Waals surface area contributed by atoms with Crippen molar-refractivity contribution in [3.05, 3.63) is 60.3 Å². The number of H-pyrrole nitrogens is 1. The summed E-state index contributed by atoms with van der Waals surface area (Å²) in [5.74, 6) is 0. The SMILES string of the molecule is Cc1ccccc1-c1cccc2[nH]ccc12. The number of aryl methyl sites for hydroxylation is 1. The number of benzene rings is 2. The van der Waals surface area contributed by atoms with Crippen LogP contribution in [0.1, 0.15) is 5.56 Å². The minimum atomic E-state index is 1.20. The van der Waals surface area contributed by atoms with E-state index < -0.39 is 0 Å². The Labute approximate surface area is 94.7 Å². The number of hydrogen-bond donors (Lipinski definition) is 1. The number of fused-ring (bicyclic) bond motifs is 1. The van der Waals surface area contributed by atoms with Gasteiger partial charge in [-0.05, 0) is 35.7 Å². The average molecular weight is 207 g/mol. The fraction of sp³-hybridized carbons (Fsp3) is 0.0667. The van der Waals surface area contributed by atoms with Crippen molar-refractivity contribution in [2.75, 3.05) is 0 Å². The molecule has 3 rings (SSSR count). The molecule has 0 saturated carbocycles. The van der Waals surface area contributed by atoms with Crippen LogP contribution in [0.3, 0.4) is 0 Å². The Bertz CT molecular complexity index is 634. The van der Waals surface area contributed by atoms with E-state index in [0.717, 1.165) is 0 Å². The van der Waals surface area contributed by atoms with Gasteiger partial charge in [0.25, 0.3) is 0 Å². The van der Waals surface area contributed by atoms with E-state index in [4.69, 9.17) is 0 Å². The van der Waals surface area contributed by atoms with E-state index in [0.29, 0.717) is 0 Å². The summed E-state index contributed by atoms with van der Waals surface area (Å²) in [7, 11) is 0. The number of rotatable bonds is 1. The van der Waals surface area contributed by atoms with Gasteiger partial charge >= 0.3 is 0 Å². The van der Waals surface area contributed by atoms with Crippen LogP contribution in [-0.2, 0) is 0 Å². The second-order valence-electron chi connectivity index (χ2n) is 4.06. The zero-order valence-corrected chi connectivity index (χ0v) is 9.20. The number of hydrogen-bond acceptors (Lipinski definition) is 0. The molecule has 2 aromatic carbocycles. The van der Waals surface area contributed by atoms with Crippen molar-refractivity contribution >= 4 is 10.9 Å². The van der Waals surface area contributed by atoms with Gasteiger partial charge in [0, 0.05) is 17.1 Å². The number of nitrogens with one attached hydrogen (secondary N) is 1. The fourth-order valence-electron chi connectivity index (χ4n) is 2.20. The molecule has 3 aromatic rings. The van der Waals surface area contributed by atoms with Gasteiger partial charge in [-0.1, -0.05) is 36.4 Å². The lowest BCUT2D eigenvalue weighted by molar-refractivity contribution is 1.46. The van der Waals surface area contributed by atoms with E-state index in [2.05, 4.69) is 60.4 Å². The Balaban J connectivity index is 2.34. The molecule has 0 radical (unpaired) electrons. The minimum Gasteiger partial charge on any atom is -0.361 e. The molecular weight excluding hydrogens is 194 g/mol. The Kier molecular flexibility index (Phi) is 2.03. The van der Waals surface area contributed by atoms with Gasteiger partial charge in [-0.25, -0.2) is 0 Å². The molecule has 0 aliphatic carbocycles. The van der Waals surface area contributed by atoms with E-state index >= 15 is 0 Å². The summed E-state index contributed by atoms with van der Waals surface area (Å²) in [6, 6.07) is 17.0. The second kappa shape index (κ2) is 3.53. The molecule has 1 nitrogen and oxygen atoms in total. The molecule has 1 heteroatoms. The van der Waals surface area contributed by atoms with Crippen LogP contribution in [0, 0.1) is 6.92 Å². The molecule has 0 aliphatic rings. The first-order valence-electron chi connectivity index (χ1n) is 5.48. The Morgan fingerprint density at radius 2 is 1.62 bits per heavy atom. The highest BCUT2D eigenvalue weighted by atomic mass is 14.7. The van der Waals surface area contributed by atoms with Gasteiger partial charge in [-0.3, -0.25) is 0 Å². The third-order valence-electron chi connectivity index (χ3n) is 3.03. The fourth-order valence-corrected chi connectivity index (χ4v) is 2.20. The second-order valence-corrected chi connectivity index (χ2v) is 4.06. The van der Waals surface area contributed by atoms with E-state index in [1.165, 1.54) is 27.6 Å². The van der Waals surface area contributed by atoms with Crippen LogP contribution in [0.15, 0.2) is 54.7 Å². The lowest BCUT2D eigenvalue weighted by Crippen LogP contribution is -1.83. The zero-order chi connectivity index (χ0) is 11.0. The van der Waals surface area contributed by atoms with Crippen molar-refractivity contribution < 1.29 is 0 Å². The van der Waals surface area contributed by atoms with E-state index in [-0.39, 0.29) is 0 Å². The minimum absolute atomic E-state index is 1.20. The van der Waals surface area contributed by atoms with Crippen LogP contribution < -0.4 is 0 Å². The van der Waals surface area contributed by atoms with E-state index in [9.17, 15) is 0 Å². The first kappa shape index (κ1) is 9.22.